The third-order valence-corrected chi connectivity index (χ3v) is 9.64. The van der Waals surface area contributed by atoms with Crippen LogP contribution in [-0.4, -0.2) is 47.0 Å². The van der Waals surface area contributed by atoms with E-state index in [2.05, 4.69) is 74.5 Å². The van der Waals surface area contributed by atoms with Crippen molar-refractivity contribution in [3.63, 3.8) is 0 Å². The molecule has 0 aliphatic carbocycles. The summed E-state index contributed by atoms with van der Waals surface area (Å²) in [6.07, 6.45) is 3.62. The number of methoxy groups -OCH3 is 1. The third-order valence-electron chi connectivity index (χ3n) is 7.65. The molecule has 2 aromatic carbocycles. The number of nitrogens with one attached hydrogen (secondary N) is 2. The molecule has 0 radical (unpaired) electrons. The summed E-state index contributed by atoms with van der Waals surface area (Å²) in [5.74, 6) is 2.90. The lowest BCUT2D eigenvalue weighted by atomic mass is 9.87. The molecule has 0 spiro atoms. The number of ether oxygens (including phenoxy) is 1. The molecule has 0 unspecified atom stereocenters. The Hall–Kier alpha value is -5.17. The van der Waals surface area contributed by atoms with Gasteiger partial charge in [0.15, 0.2) is 22.6 Å². The fourth-order valence-corrected chi connectivity index (χ4v) is 6.62. The van der Waals surface area contributed by atoms with E-state index in [9.17, 15) is 0 Å². The standard InChI is InChI=1S/C19H19N5S.C17H13ClN4OS/c1-19(2,3)12-6-4-7-13(10-12)21-18-16-14(11-20-24-16)22-17(23-18)15-8-5-9-25-15;1-23-12-6-4-11(5-7-12)9-22-10-13-15(21-22)16(18)20-17(19-13)14-3-2-8-24-14/h4-11H,1-3H3,(H,20,24)(H,21,22,23);2-8,10H,9H2,1H3. The van der Waals surface area contributed by atoms with E-state index >= 15 is 0 Å². The quantitative estimate of drug-likeness (QED) is 0.157. The van der Waals surface area contributed by atoms with E-state index < -0.39 is 0 Å². The summed E-state index contributed by atoms with van der Waals surface area (Å²) in [5.41, 5.74) is 6.44. The summed E-state index contributed by atoms with van der Waals surface area (Å²) in [7, 11) is 1.65. The van der Waals surface area contributed by atoms with Crippen LogP contribution in [0.1, 0.15) is 31.9 Å². The van der Waals surface area contributed by atoms with Crippen LogP contribution in [0, 0.1) is 0 Å². The summed E-state index contributed by atoms with van der Waals surface area (Å²) < 4.78 is 7.00. The highest BCUT2D eigenvalue weighted by Crippen LogP contribution is 2.31. The van der Waals surface area contributed by atoms with Crippen molar-refractivity contribution in [1.29, 1.82) is 0 Å². The number of hydrogen-bond donors (Lipinski definition) is 2. The van der Waals surface area contributed by atoms with Gasteiger partial charge in [0.25, 0.3) is 0 Å². The fourth-order valence-electron chi connectivity index (χ4n) is 5.09. The number of nitrogens with zero attached hydrogens (tertiary/aromatic N) is 7. The number of H-pyrrole nitrogens is 1. The Kier molecular flexibility index (Phi) is 9.09. The minimum atomic E-state index is 0.0921. The number of halogens is 1. The maximum atomic E-state index is 6.30. The number of aromatic amines is 1. The second-order valence-corrected chi connectivity index (χ2v) is 14.4. The number of aromatic nitrogens is 8. The number of thiophene rings is 2. The van der Waals surface area contributed by atoms with Gasteiger partial charge in [-0.25, -0.2) is 19.9 Å². The van der Waals surface area contributed by atoms with Crippen molar-refractivity contribution in [2.24, 2.45) is 0 Å². The first-order chi connectivity index (χ1) is 23.7. The minimum absolute atomic E-state index is 0.0921. The topological polar surface area (TPSA) is 119 Å². The Balaban J connectivity index is 0.000000154. The molecular weight excluding hydrogens is 674 g/mol. The van der Waals surface area contributed by atoms with Gasteiger partial charge in [0.05, 0.1) is 35.8 Å². The van der Waals surface area contributed by atoms with Crippen molar-refractivity contribution < 1.29 is 4.74 Å². The second-order valence-electron chi connectivity index (χ2n) is 12.2. The number of rotatable bonds is 7. The zero-order valence-corrected chi connectivity index (χ0v) is 29.6. The molecule has 13 heteroatoms. The van der Waals surface area contributed by atoms with Crippen molar-refractivity contribution >= 4 is 67.8 Å². The SMILES string of the molecule is CC(C)(C)c1cccc(Nc2nc(-c3cccs3)nc3cn[nH]c23)c1.COc1ccc(Cn2cc3nc(-c4cccs4)nc(Cl)c3n2)cc1. The monoisotopic (exact) mass is 705 g/mol. The Morgan fingerprint density at radius 2 is 1.57 bits per heavy atom. The Morgan fingerprint density at radius 3 is 2.24 bits per heavy atom. The Bertz CT molecular complexity index is 2330. The molecule has 6 aromatic heterocycles. The van der Waals surface area contributed by atoms with E-state index in [1.54, 1.807) is 36.0 Å². The molecular formula is C36H32ClN9OS2. The van der Waals surface area contributed by atoms with Gasteiger partial charge in [-0.15, -0.1) is 22.7 Å². The average molecular weight is 706 g/mol. The van der Waals surface area contributed by atoms with Crippen molar-refractivity contribution in [2.75, 3.05) is 12.4 Å². The molecule has 0 amide bonds. The van der Waals surface area contributed by atoms with Gasteiger partial charge in [-0.05, 0) is 63.7 Å². The zero-order chi connectivity index (χ0) is 34.0. The minimum Gasteiger partial charge on any atom is -0.497 e. The van der Waals surface area contributed by atoms with Gasteiger partial charge in [0.1, 0.15) is 27.8 Å². The van der Waals surface area contributed by atoms with Crippen LogP contribution < -0.4 is 10.1 Å². The zero-order valence-electron chi connectivity index (χ0n) is 27.2. The highest BCUT2D eigenvalue weighted by atomic mass is 35.5. The lowest BCUT2D eigenvalue weighted by molar-refractivity contribution is 0.414. The Labute approximate surface area is 295 Å². The van der Waals surface area contributed by atoms with Crippen LogP contribution >= 0.6 is 34.3 Å². The highest BCUT2D eigenvalue weighted by Gasteiger charge is 2.16. The molecule has 8 rings (SSSR count). The van der Waals surface area contributed by atoms with Gasteiger partial charge >= 0.3 is 0 Å². The smallest absolute Gasteiger partial charge is 0.172 e. The van der Waals surface area contributed by atoms with Crippen LogP contribution in [0.15, 0.2) is 96.0 Å². The Morgan fingerprint density at radius 1 is 0.857 bits per heavy atom. The van der Waals surface area contributed by atoms with Crippen LogP contribution in [0.2, 0.25) is 5.15 Å². The molecule has 0 aliphatic rings. The average Bonchev–Trinajstić information content (AvgIpc) is 3.93. The molecule has 8 aromatic rings. The fraction of sp³-hybridized carbons (Fsp3) is 0.167. The van der Waals surface area contributed by atoms with Crippen molar-refractivity contribution in [3.05, 3.63) is 112 Å². The molecule has 10 nitrogen and oxygen atoms in total. The normalized spacial score (nSPS) is 11.4. The van der Waals surface area contributed by atoms with Gasteiger partial charge in [-0.2, -0.15) is 10.2 Å². The molecule has 246 valence electrons. The van der Waals surface area contributed by atoms with Gasteiger partial charge in [0.2, 0.25) is 0 Å². The largest absolute Gasteiger partial charge is 0.497 e. The summed E-state index contributed by atoms with van der Waals surface area (Å²) >= 11 is 9.50. The number of benzene rings is 2. The first kappa shape index (κ1) is 32.4. The summed E-state index contributed by atoms with van der Waals surface area (Å²) in [6, 6.07) is 24.3. The molecule has 0 bridgehead atoms. The molecule has 0 saturated carbocycles. The maximum absolute atomic E-state index is 6.30. The molecule has 2 N–H and O–H groups in total. The van der Waals surface area contributed by atoms with Crippen LogP contribution in [0.5, 0.6) is 5.75 Å². The predicted octanol–water partition coefficient (Wildman–Crippen LogP) is 9.39. The number of hydrogen-bond acceptors (Lipinski definition) is 10. The van der Waals surface area contributed by atoms with Crippen LogP contribution in [0.4, 0.5) is 11.5 Å². The predicted molar refractivity (Wildman–Crippen MR) is 199 cm³/mol. The van der Waals surface area contributed by atoms with E-state index in [-0.39, 0.29) is 5.41 Å². The van der Waals surface area contributed by atoms with Crippen molar-refractivity contribution in [3.8, 4) is 27.2 Å². The lowest BCUT2D eigenvalue weighted by Gasteiger charge is -2.20. The molecule has 0 saturated heterocycles. The molecule has 0 atom stereocenters. The molecule has 49 heavy (non-hydrogen) atoms. The van der Waals surface area contributed by atoms with Crippen LogP contribution in [0.3, 0.4) is 0 Å². The van der Waals surface area contributed by atoms with E-state index in [1.165, 1.54) is 5.56 Å². The van der Waals surface area contributed by atoms with E-state index in [0.717, 1.165) is 49.1 Å². The third kappa shape index (κ3) is 7.31. The lowest BCUT2D eigenvalue weighted by Crippen LogP contribution is -2.11. The first-order valence-electron chi connectivity index (χ1n) is 15.4. The van der Waals surface area contributed by atoms with Crippen LogP contribution in [0.25, 0.3) is 43.5 Å². The van der Waals surface area contributed by atoms with Crippen LogP contribution in [-0.2, 0) is 12.0 Å². The summed E-state index contributed by atoms with van der Waals surface area (Å²) in [6.45, 7) is 7.25. The van der Waals surface area contributed by atoms with E-state index in [4.69, 9.17) is 21.3 Å². The molecule has 0 aliphatic heterocycles. The van der Waals surface area contributed by atoms with E-state index in [0.29, 0.717) is 28.9 Å². The van der Waals surface area contributed by atoms with Gasteiger partial charge in [0, 0.05) is 5.69 Å². The van der Waals surface area contributed by atoms with Crippen molar-refractivity contribution in [2.45, 2.75) is 32.7 Å². The summed E-state index contributed by atoms with van der Waals surface area (Å²) in [4.78, 5) is 20.3. The van der Waals surface area contributed by atoms with Gasteiger partial charge in [-0.3, -0.25) is 9.78 Å². The summed E-state index contributed by atoms with van der Waals surface area (Å²) in [5, 5.41) is 19.4. The van der Waals surface area contributed by atoms with Gasteiger partial charge in [-0.1, -0.05) is 68.8 Å². The van der Waals surface area contributed by atoms with Crippen molar-refractivity contribution in [1.82, 2.24) is 39.9 Å². The van der Waals surface area contributed by atoms with Gasteiger partial charge < -0.3 is 10.1 Å². The van der Waals surface area contributed by atoms with E-state index in [1.807, 2.05) is 76.2 Å². The molecule has 0 fully saturated rings. The molecule has 6 heterocycles. The number of fused-ring (bicyclic) bond motifs is 2. The maximum Gasteiger partial charge on any atom is 0.172 e. The highest BCUT2D eigenvalue weighted by molar-refractivity contribution is 7.13. The number of anilines is 2. The first-order valence-corrected chi connectivity index (χ1v) is 17.6. The second kappa shape index (κ2) is 13.7.